The van der Waals surface area contributed by atoms with E-state index >= 15 is 0 Å². The Labute approximate surface area is 183 Å². The zero-order valence-electron chi connectivity index (χ0n) is 16.7. The Kier molecular flexibility index (Phi) is 5.01. The lowest BCUT2D eigenvalue weighted by Crippen LogP contribution is -2.25. The maximum Gasteiger partial charge on any atom is 0.262 e. The minimum absolute atomic E-state index is 0.0360. The molecule has 154 valence electrons. The fraction of sp³-hybridized carbons (Fsp3) is 0.0833. The van der Waals surface area contributed by atoms with E-state index in [0.29, 0.717) is 11.4 Å². The van der Waals surface area contributed by atoms with Gasteiger partial charge in [0.05, 0.1) is 23.4 Å². The van der Waals surface area contributed by atoms with E-state index in [2.05, 4.69) is 22.8 Å². The molecule has 0 aliphatic carbocycles. The number of amides is 1. The van der Waals surface area contributed by atoms with Crippen LogP contribution in [0.15, 0.2) is 72.8 Å². The number of fused-ring (bicyclic) bond motifs is 1. The molecule has 1 aromatic heterocycles. The van der Waals surface area contributed by atoms with Crippen molar-refractivity contribution in [2.24, 2.45) is 0 Å². The normalized spacial score (nSPS) is 12.5. The number of carbonyl (C=O) groups excluding carboxylic acids is 1. The Balaban J connectivity index is 1.55. The SMILES string of the molecule is COc1ccc(Nc2nc(-c3ccc4c(c3)NC(=O)CO4)c(-c3ccccc3)s2)cc1. The van der Waals surface area contributed by atoms with Gasteiger partial charge in [-0.1, -0.05) is 41.7 Å². The summed E-state index contributed by atoms with van der Waals surface area (Å²) < 4.78 is 10.7. The van der Waals surface area contributed by atoms with E-state index < -0.39 is 0 Å². The van der Waals surface area contributed by atoms with Crippen LogP contribution >= 0.6 is 11.3 Å². The van der Waals surface area contributed by atoms with Gasteiger partial charge >= 0.3 is 0 Å². The average molecular weight is 430 g/mol. The molecule has 0 saturated carbocycles. The molecule has 2 heterocycles. The molecule has 0 bridgehead atoms. The Bertz CT molecular complexity index is 1240. The molecule has 31 heavy (non-hydrogen) atoms. The quantitative estimate of drug-likeness (QED) is 0.435. The summed E-state index contributed by atoms with van der Waals surface area (Å²) in [5.41, 5.74) is 4.41. The van der Waals surface area contributed by atoms with Crippen molar-refractivity contribution in [1.82, 2.24) is 4.98 Å². The van der Waals surface area contributed by atoms with Crippen LogP contribution < -0.4 is 20.1 Å². The number of benzene rings is 3. The molecule has 5 rings (SSSR count). The molecule has 0 radical (unpaired) electrons. The Morgan fingerprint density at radius 2 is 1.84 bits per heavy atom. The number of rotatable bonds is 5. The summed E-state index contributed by atoms with van der Waals surface area (Å²) in [6.07, 6.45) is 0. The van der Waals surface area contributed by atoms with Crippen molar-refractivity contribution in [1.29, 1.82) is 0 Å². The van der Waals surface area contributed by atoms with Gasteiger partial charge in [0.25, 0.3) is 5.91 Å². The third kappa shape index (κ3) is 3.95. The second-order valence-electron chi connectivity index (χ2n) is 6.96. The number of hydrogen-bond acceptors (Lipinski definition) is 6. The van der Waals surface area contributed by atoms with Crippen molar-refractivity contribution >= 4 is 33.8 Å². The Morgan fingerprint density at radius 1 is 1.03 bits per heavy atom. The molecule has 6 nitrogen and oxygen atoms in total. The van der Waals surface area contributed by atoms with E-state index in [9.17, 15) is 4.79 Å². The molecule has 2 N–H and O–H groups in total. The van der Waals surface area contributed by atoms with Crippen molar-refractivity contribution in [3.8, 4) is 33.2 Å². The van der Waals surface area contributed by atoms with Gasteiger partial charge in [-0.3, -0.25) is 4.79 Å². The first-order valence-electron chi connectivity index (χ1n) is 9.74. The van der Waals surface area contributed by atoms with Crippen LogP contribution in [0.4, 0.5) is 16.5 Å². The van der Waals surface area contributed by atoms with Crippen molar-refractivity contribution in [3.63, 3.8) is 0 Å². The molecule has 0 saturated heterocycles. The highest BCUT2D eigenvalue weighted by atomic mass is 32.1. The number of methoxy groups -OCH3 is 1. The summed E-state index contributed by atoms with van der Waals surface area (Å²) in [4.78, 5) is 17.7. The zero-order valence-corrected chi connectivity index (χ0v) is 17.5. The molecule has 4 aromatic rings. The standard InChI is InChI=1S/C24H19N3O3S/c1-29-18-10-8-17(9-11-18)25-24-27-22(23(31-24)15-5-3-2-4-6-15)16-7-12-20-19(13-16)26-21(28)14-30-20/h2-13H,14H2,1H3,(H,25,27)(H,26,28). The fourth-order valence-corrected chi connectivity index (χ4v) is 4.40. The van der Waals surface area contributed by atoms with Crippen LogP contribution in [-0.4, -0.2) is 24.6 Å². The average Bonchev–Trinajstić information content (AvgIpc) is 3.23. The van der Waals surface area contributed by atoms with Gasteiger partial charge in [0.2, 0.25) is 0 Å². The van der Waals surface area contributed by atoms with Crippen molar-refractivity contribution in [3.05, 3.63) is 72.8 Å². The maximum absolute atomic E-state index is 11.7. The molecule has 0 fully saturated rings. The lowest BCUT2D eigenvalue weighted by atomic mass is 10.1. The van der Waals surface area contributed by atoms with Gasteiger partial charge in [-0.2, -0.15) is 0 Å². The third-order valence-electron chi connectivity index (χ3n) is 4.89. The first kappa shape index (κ1) is 19.1. The Morgan fingerprint density at radius 3 is 2.61 bits per heavy atom. The van der Waals surface area contributed by atoms with Crippen molar-refractivity contribution in [2.75, 3.05) is 24.4 Å². The topological polar surface area (TPSA) is 72.5 Å². The van der Waals surface area contributed by atoms with Gasteiger partial charge in [0.15, 0.2) is 11.7 Å². The van der Waals surface area contributed by atoms with Crippen molar-refractivity contribution in [2.45, 2.75) is 0 Å². The largest absolute Gasteiger partial charge is 0.497 e. The van der Waals surface area contributed by atoms with E-state index in [1.165, 1.54) is 0 Å². The molecule has 7 heteroatoms. The number of hydrogen-bond donors (Lipinski definition) is 2. The fourth-order valence-electron chi connectivity index (χ4n) is 3.38. The molecule has 0 spiro atoms. The smallest absolute Gasteiger partial charge is 0.262 e. The molecule has 0 atom stereocenters. The lowest BCUT2D eigenvalue weighted by molar-refractivity contribution is -0.118. The minimum atomic E-state index is -0.159. The maximum atomic E-state index is 11.7. The molecule has 0 unspecified atom stereocenters. The number of nitrogens with one attached hydrogen (secondary N) is 2. The van der Waals surface area contributed by atoms with Gasteiger partial charge < -0.3 is 20.1 Å². The van der Waals surface area contributed by atoms with Crippen LogP contribution in [0.1, 0.15) is 0 Å². The number of ether oxygens (including phenoxy) is 2. The van der Waals surface area contributed by atoms with Crippen LogP contribution in [0.25, 0.3) is 21.7 Å². The highest BCUT2D eigenvalue weighted by Gasteiger charge is 2.20. The summed E-state index contributed by atoms with van der Waals surface area (Å²) in [6, 6.07) is 23.6. The molecule has 1 aliphatic rings. The summed E-state index contributed by atoms with van der Waals surface area (Å²) in [6.45, 7) is 0.0360. The van der Waals surface area contributed by atoms with E-state index in [1.807, 2.05) is 60.7 Å². The molecule has 1 aliphatic heterocycles. The van der Waals surface area contributed by atoms with E-state index in [0.717, 1.165) is 38.3 Å². The van der Waals surface area contributed by atoms with Crippen molar-refractivity contribution < 1.29 is 14.3 Å². The molecule has 3 aromatic carbocycles. The van der Waals surface area contributed by atoms with Gasteiger partial charge in [0.1, 0.15) is 11.5 Å². The molecule has 1 amide bonds. The number of anilines is 3. The minimum Gasteiger partial charge on any atom is -0.497 e. The van der Waals surface area contributed by atoms with Crippen LogP contribution in [0, 0.1) is 0 Å². The van der Waals surface area contributed by atoms with E-state index in [1.54, 1.807) is 18.4 Å². The number of nitrogens with zero attached hydrogens (tertiary/aromatic N) is 1. The predicted octanol–water partition coefficient (Wildman–Crippen LogP) is 5.56. The van der Waals surface area contributed by atoms with Gasteiger partial charge in [-0.25, -0.2) is 4.98 Å². The number of thiazole rings is 1. The van der Waals surface area contributed by atoms with Crippen LogP contribution in [0.5, 0.6) is 11.5 Å². The Hall–Kier alpha value is -3.84. The predicted molar refractivity (Wildman–Crippen MR) is 123 cm³/mol. The second kappa shape index (κ2) is 8.12. The number of aromatic nitrogens is 1. The number of carbonyl (C=O) groups is 1. The summed E-state index contributed by atoms with van der Waals surface area (Å²) in [5, 5.41) is 7.03. The van der Waals surface area contributed by atoms with E-state index in [-0.39, 0.29) is 12.5 Å². The zero-order chi connectivity index (χ0) is 21.2. The molecular formula is C24H19N3O3S. The van der Waals surface area contributed by atoms with Crippen LogP contribution in [-0.2, 0) is 4.79 Å². The van der Waals surface area contributed by atoms with Gasteiger partial charge in [0, 0.05) is 11.3 Å². The van der Waals surface area contributed by atoms with Crippen LogP contribution in [0.3, 0.4) is 0 Å². The molecular weight excluding hydrogens is 410 g/mol. The first-order valence-corrected chi connectivity index (χ1v) is 10.6. The first-order chi connectivity index (χ1) is 15.2. The van der Waals surface area contributed by atoms with Gasteiger partial charge in [-0.15, -0.1) is 0 Å². The summed E-state index contributed by atoms with van der Waals surface area (Å²) in [5.74, 6) is 1.30. The highest BCUT2D eigenvalue weighted by molar-refractivity contribution is 7.19. The second-order valence-corrected chi connectivity index (χ2v) is 7.96. The van der Waals surface area contributed by atoms with Gasteiger partial charge in [-0.05, 0) is 48.0 Å². The van der Waals surface area contributed by atoms with E-state index in [4.69, 9.17) is 14.5 Å². The lowest BCUT2D eigenvalue weighted by Gasteiger charge is -2.18. The van der Waals surface area contributed by atoms with Crippen LogP contribution in [0.2, 0.25) is 0 Å². The third-order valence-corrected chi connectivity index (χ3v) is 5.91. The summed E-state index contributed by atoms with van der Waals surface area (Å²) in [7, 11) is 1.65. The monoisotopic (exact) mass is 429 g/mol. The summed E-state index contributed by atoms with van der Waals surface area (Å²) >= 11 is 1.58. The highest BCUT2D eigenvalue weighted by Crippen LogP contribution is 2.42.